The van der Waals surface area contributed by atoms with E-state index in [0.717, 1.165) is 23.0 Å². The van der Waals surface area contributed by atoms with Gasteiger partial charge in [0.2, 0.25) is 0 Å². The van der Waals surface area contributed by atoms with E-state index in [9.17, 15) is 23.1 Å². The fourth-order valence-electron chi connectivity index (χ4n) is 3.08. The van der Waals surface area contributed by atoms with Gasteiger partial charge in [-0.1, -0.05) is 0 Å². The Bertz CT molecular complexity index is 1150. The van der Waals surface area contributed by atoms with Gasteiger partial charge in [0.25, 0.3) is 0 Å². The van der Waals surface area contributed by atoms with E-state index >= 15 is 0 Å². The predicted molar refractivity (Wildman–Crippen MR) is 90.5 cm³/mol. The van der Waals surface area contributed by atoms with Crippen molar-refractivity contribution in [1.29, 1.82) is 0 Å². The van der Waals surface area contributed by atoms with Crippen LogP contribution in [0.25, 0.3) is 27.5 Å². The zero-order valence-electron chi connectivity index (χ0n) is 13.2. The monoisotopic (exact) mass is 356 g/mol. The Morgan fingerprint density at radius 2 is 1.65 bits per heavy atom. The number of carboxylic acids is 1. The quantitative estimate of drug-likeness (QED) is 0.556. The van der Waals surface area contributed by atoms with Gasteiger partial charge in [-0.2, -0.15) is 13.2 Å². The number of aromatic carboxylic acids is 1. The molecule has 0 unspecified atom stereocenters. The Hall–Kier alpha value is -3.35. The third-order valence-electron chi connectivity index (χ3n) is 4.27. The maximum atomic E-state index is 12.8. The molecule has 7 heteroatoms. The highest BCUT2D eigenvalue weighted by molar-refractivity contribution is 6.10. The number of rotatable bonds is 2. The summed E-state index contributed by atoms with van der Waals surface area (Å²) in [5.74, 6) is -1.05. The lowest BCUT2D eigenvalue weighted by Crippen LogP contribution is -2.05. The molecule has 4 nitrogen and oxygen atoms in total. The van der Waals surface area contributed by atoms with Crippen LogP contribution in [0.15, 0.2) is 60.9 Å². The first kappa shape index (κ1) is 16.1. The highest BCUT2D eigenvalue weighted by Gasteiger charge is 2.30. The highest BCUT2D eigenvalue weighted by Crippen LogP contribution is 2.34. The molecule has 130 valence electrons. The fraction of sp³-hybridized carbons (Fsp3) is 0.0526. The van der Waals surface area contributed by atoms with E-state index in [1.165, 1.54) is 18.2 Å². The molecule has 0 saturated heterocycles. The minimum Gasteiger partial charge on any atom is -0.478 e. The van der Waals surface area contributed by atoms with E-state index < -0.39 is 17.7 Å². The van der Waals surface area contributed by atoms with E-state index in [0.29, 0.717) is 16.6 Å². The molecule has 0 fully saturated rings. The second kappa shape index (κ2) is 5.59. The molecule has 0 radical (unpaired) electrons. The normalized spacial score (nSPS) is 12.0. The molecule has 0 aliphatic carbocycles. The van der Waals surface area contributed by atoms with Crippen LogP contribution in [0.2, 0.25) is 0 Å². The molecular formula is C19H11F3N2O2. The van der Waals surface area contributed by atoms with Crippen LogP contribution in [0, 0.1) is 0 Å². The summed E-state index contributed by atoms with van der Waals surface area (Å²) in [4.78, 5) is 15.3. The number of pyridine rings is 1. The maximum Gasteiger partial charge on any atom is 0.416 e. The molecular weight excluding hydrogens is 345 g/mol. The Labute approximate surface area is 145 Å². The summed E-state index contributed by atoms with van der Waals surface area (Å²) in [6, 6.07) is 11.3. The van der Waals surface area contributed by atoms with Crippen LogP contribution in [0.5, 0.6) is 0 Å². The SMILES string of the molecule is O=C(O)c1ccc2c(c1)c1cnccc1n2-c1ccc(C(F)(F)F)cc1. The number of carboxylic acid groups (broad SMARTS) is 1. The molecule has 0 bridgehead atoms. The average molecular weight is 356 g/mol. The van der Waals surface area contributed by atoms with Gasteiger partial charge >= 0.3 is 12.1 Å². The molecule has 1 N–H and O–H groups in total. The van der Waals surface area contributed by atoms with Gasteiger partial charge in [0, 0.05) is 28.9 Å². The summed E-state index contributed by atoms with van der Waals surface area (Å²) in [6.45, 7) is 0. The zero-order chi connectivity index (χ0) is 18.5. The molecule has 4 aromatic rings. The van der Waals surface area contributed by atoms with Crippen LogP contribution in [0.3, 0.4) is 0 Å². The molecule has 0 spiro atoms. The molecule has 0 atom stereocenters. The number of hydrogen-bond acceptors (Lipinski definition) is 2. The minimum atomic E-state index is -4.40. The van der Waals surface area contributed by atoms with Gasteiger partial charge in [0.15, 0.2) is 0 Å². The van der Waals surface area contributed by atoms with Crippen molar-refractivity contribution in [3.8, 4) is 5.69 Å². The Kier molecular flexibility index (Phi) is 3.47. The highest BCUT2D eigenvalue weighted by atomic mass is 19.4. The largest absolute Gasteiger partial charge is 0.478 e. The first-order valence-corrected chi connectivity index (χ1v) is 7.65. The van der Waals surface area contributed by atoms with Gasteiger partial charge in [-0.05, 0) is 48.5 Å². The number of hydrogen-bond donors (Lipinski definition) is 1. The Morgan fingerprint density at radius 3 is 2.31 bits per heavy atom. The third kappa shape index (κ3) is 2.48. The van der Waals surface area contributed by atoms with Crippen LogP contribution in [0.4, 0.5) is 13.2 Å². The summed E-state index contributed by atoms with van der Waals surface area (Å²) < 4.78 is 40.2. The van der Waals surface area contributed by atoms with E-state index in [1.54, 1.807) is 35.2 Å². The number of nitrogens with zero attached hydrogens (tertiary/aromatic N) is 2. The summed E-state index contributed by atoms with van der Waals surface area (Å²) in [5, 5.41) is 10.6. The molecule has 0 amide bonds. The summed E-state index contributed by atoms with van der Waals surface area (Å²) in [5.41, 5.74) is 1.38. The number of halogens is 3. The first-order valence-electron chi connectivity index (χ1n) is 7.65. The standard InChI is InChI=1S/C19H11F3N2O2/c20-19(21,22)12-2-4-13(5-3-12)24-16-6-1-11(18(25)26)9-14(16)15-10-23-8-7-17(15)24/h1-10H,(H,25,26). The molecule has 26 heavy (non-hydrogen) atoms. The molecule has 2 aromatic heterocycles. The Balaban J connectivity index is 2.00. The summed E-state index contributed by atoms with van der Waals surface area (Å²) in [7, 11) is 0. The molecule has 4 rings (SSSR count). The Morgan fingerprint density at radius 1 is 0.962 bits per heavy atom. The van der Waals surface area contributed by atoms with Crippen molar-refractivity contribution in [1.82, 2.24) is 9.55 Å². The number of aromatic nitrogens is 2. The van der Waals surface area contributed by atoms with Crippen molar-refractivity contribution >= 4 is 27.8 Å². The van der Waals surface area contributed by atoms with Crippen molar-refractivity contribution in [2.75, 3.05) is 0 Å². The maximum absolute atomic E-state index is 12.8. The smallest absolute Gasteiger partial charge is 0.416 e. The van der Waals surface area contributed by atoms with Crippen LogP contribution in [-0.4, -0.2) is 20.6 Å². The molecule has 2 aromatic carbocycles. The van der Waals surface area contributed by atoms with Gasteiger partial charge < -0.3 is 9.67 Å². The van der Waals surface area contributed by atoms with E-state index in [2.05, 4.69) is 4.98 Å². The van der Waals surface area contributed by atoms with Crippen molar-refractivity contribution in [2.24, 2.45) is 0 Å². The number of carbonyl (C=O) groups is 1. The van der Waals surface area contributed by atoms with Gasteiger partial charge in [-0.15, -0.1) is 0 Å². The van der Waals surface area contributed by atoms with Crippen LogP contribution >= 0.6 is 0 Å². The second-order valence-corrected chi connectivity index (χ2v) is 5.81. The topological polar surface area (TPSA) is 55.1 Å². The lowest BCUT2D eigenvalue weighted by molar-refractivity contribution is -0.137. The third-order valence-corrected chi connectivity index (χ3v) is 4.27. The predicted octanol–water partition coefficient (Wildman–Crippen LogP) is 4.90. The minimum absolute atomic E-state index is 0.132. The molecule has 0 aliphatic heterocycles. The van der Waals surface area contributed by atoms with Crippen molar-refractivity contribution in [2.45, 2.75) is 6.18 Å². The van der Waals surface area contributed by atoms with Crippen LogP contribution < -0.4 is 0 Å². The first-order chi connectivity index (χ1) is 12.4. The second-order valence-electron chi connectivity index (χ2n) is 5.81. The van der Waals surface area contributed by atoms with Gasteiger partial charge in [-0.25, -0.2) is 4.79 Å². The van der Waals surface area contributed by atoms with Crippen LogP contribution in [0.1, 0.15) is 15.9 Å². The van der Waals surface area contributed by atoms with E-state index in [-0.39, 0.29) is 5.56 Å². The summed E-state index contributed by atoms with van der Waals surface area (Å²) >= 11 is 0. The van der Waals surface area contributed by atoms with Crippen molar-refractivity contribution in [3.05, 3.63) is 72.1 Å². The van der Waals surface area contributed by atoms with Gasteiger partial charge in [0.1, 0.15) is 0 Å². The number of benzene rings is 2. The van der Waals surface area contributed by atoms with Gasteiger partial charge in [-0.3, -0.25) is 4.98 Å². The average Bonchev–Trinajstić information content (AvgIpc) is 2.95. The number of fused-ring (bicyclic) bond motifs is 3. The number of alkyl halides is 3. The van der Waals surface area contributed by atoms with Crippen LogP contribution in [-0.2, 0) is 6.18 Å². The lowest BCUT2D eigenvalue weighted by atomic mass is 10.1. The van der Waals surface area contributed by atoms with Gasteiger partial charge in [0.05, 0.1) is 22.2 Å². The zero-order valence-corrected chi connectivity index (χ0v) is 13.2. The lowest BCUT2D eigenvalue weighted by Gasteiger charge is -2.10. The molecule has 0 saturated carbocycles. The molecule has 0 aliphatic rings. The van der Waals surface area contributed by atoms with Crippen molar-refractivity contribution in [3.63, 3.8) is 0 Å². The molecule has 2 heterocycles. The van der Waals surface area contributed by atoms with E-state index in [4.69, 9.17) is 0 Å². The summed E-state index contributed by atoms with van der Waals surface area (Å²) in [6.07, 6.45) is -1.20. The fourth-order valence-corrected chi connectivity index (χ4v) is 3.08. The van der Waals surface area contributed by atoms with E-state index in [1.807, 2.05) is 0 Å². The van der Waals surface area contributed by atoms with Crippen molar-refractivity contribution < 1.29 is 23.1 Å².